The van der Waals surface area contributed by atoms with Gasteiger partial charge in [0.05, 0.1) is 13.0 Å². The number of fused-ring (bicyclic) bond motifs is 4. The summed E-state index contributed by atoms with van der Waals surface area (Å²) < 4.78 is 5.12. The van der Waals surface area contributed by atoms with Gasteiger partial charge in [0.25, 0.3) is 0 Å². The SMILES string of the molecule is CCOC(=O)C/C=C/[C@@]12CCN(CC3CC3)C(Cc3ccc(C)cc31)[C@@H]2C. The lowest BCUT2D eigenvalue weighted by atomic mass is 9.57. The maximum atomic E-state index is 11.8. The van der Waals surface area contributed by atoms with Gasteiger partial charge in [-0.15, -0.1) is 0 Å². The molecule has 146 valence electrons. The molecular weight excluding hydrogens is 334 g/mol. The predicted molar refractivity (Wildman–Crippen MR) is 109 cm³/mol. The van der Waals surface area contributed by atoms with E-state index in [1.54, 1.807) is 0 Å². The minimum atomic E-state index is -0.124. The Hall–Kier alpha value is -1.61. The molecule has 1 aliphatic heterocycles. The van der Waals surface area contributed by atoms with Gasteiger partial charge in [-0.2, -0.15) is 0 Å². The normalized spacial score (nSPS) is 30.3. The van der Waals surface area contributed by atoms with E-state index in [0.717, 1.165) is 18.8 Å². The number of carbonyl (C=O) groups is 1. The molecule has 0 aromatic heterocycles. The first-order chi connectivity index (χ1) is 13.0. The number of rotatable bonds is 6. The van der Waals surface area contributed by atoms with Crippen molar-refractivity contribution < 1.29 is 9.53 Å². The largest absolute Gasteiger partial charge is 0.466 e. The van der Waals surface area contributed by atoms with Crippen molar-refractivity contribution in [2.24, 2.45) is 11.8 Å². The number of hydrogen-bond donors (Lipinski definition) is 0. The van der Waals surface area contributed by atoms with Gasteiger partial charge in [-0.3, -0.25) is 9.69 Å². The summed E-state index contributed by atoms with van der Waals surface area (Å²) in [5.41, 5.74) is 4.39. The summed E-state index contributed by atoms with van der Waals surface area (Å²) in [6.45, 7) is 9.39. The van der Waals surface area contributed by atoms with E-state index < -0.39 is 0 Å². The molecule has 1 aromatic rings. The molecule has 0 radical (unpaired) electrons. The third kappa shape index (κ3) is 3.59. The Labute approximate surface area is 163 Å². The summed E-state index contributed by atoms with van der Waals surface area (Å²) in [6.07, 6.45) is 9.94. The molecule has 3 heteroatoms. The van der Waals surface area contributed by atoms with E-state index in [-0.39, 0.29) is 11.4 Å². The Kier molecular flexibility index (Phi) is 5.15. The summed E-state index contributed by atoms with van der Waals surface area (Å²) in [6, 6.07) is 7.61. The summed E-state index contributed by atoms with van der Waals surface area (Å²) in [4.78, 5) is 14.6. The van der Waals surface area contributed by atoms with E-state index >= 15 is 0 Å². The second-order valence-electron chi connectivity index (χ2n) is 8.86. The number of esters is 1. The predicted octanol–water partition coefficient (Wildman–Crippen LogP) is 4.42. The van der Waals surface area contributed by atoms with Crippen LogP contribution in [-0.4, -0.2) is 36.6 Å². The number of aryl methyl sites for hydroxylation is 1. The van der Waals surface area contributed by atoms with Gasteiger partial charge >= 0.3 is 5.97 Å². The number of allylic oxidation sites excluding steroid dienone is 1. The molecule has 1 saturated carbocycles. The minimum absolute atomic E-state index is 0.0524. The van der Waals surface area contributed by atoms with Gasteiger partial charge in [0.15, 0.2) is 0 Å². The van der Waals surface area contributed by atoms with Crippen molar-refractivity contribution in [1.29, 1.82) is 0 Å². The minimum Gasteiger partial charge on any atom is -0.466 e. The fourth-order valence-corrected chi connectivity index (χ4v) is 5.36. The van der Waals surface area contributed by atoms with Crippen LogP contribution in [0.1, 0.15) is 56.2 Å². The van der Waals surface area contributed by atoms with Crippen LogP contribution in [0.4, 0.5) is 0 Å². The maximum Gasteiger partial charge on any atom is 0.309 e. The Morgan fingerprint density at radius 3 is 2.93 bits per heavy atom. The van der Waals surface area contributed by atoms with Crippen molar-refractivity contribution in [3.8, 4) is 0 Å². The Balaban J connectivity index is 1.65. The monoisotopic (exact) mass is 367 g/mol. The molecule has 2 fully saturated rings. The molecule has 0 amide bonds. The van der Waals surface area contributed by atoms with E-state index in [9.17, 15) is 4.79 Å². The van der Waals surface area contributed by atoms with E-state index in [1.165, 1.54) is 42.6 Å². The van der Waals surface area contributed by atoms with E-state index in [2.05, 4.69) is 49.1 Å². The van der Waals surface area contributed by atoms with Gasteiger partial charge in [0.1, 0.15) is 0 Å². The third-order valence-electron chi connectivity index (χ3n) is 7.06. The van der Waals surface area contributed by atoms with Gasteiger partial charge in [-0.05, 0) is 69.0 Å². The quantitative estimate of drug-likeness (QED) is 0.551. The standard InChI is InChI=1S/C24H33NO2/c1-4-27-23(26)6-5-11-24-12-13-25(16-19-8-9-19)22(18(24)3)15-20-10-7-17(2)14-21(20)24/h5,7,10-11,14,18-19,22H,4,6,8-9,12-13,15-16H2,1-3H3/b11-5+/t18-,22?,24-/m0/s1. The van der Waals surface area contributed by atoms with Crippen LogP contribution >= 0.6 is 0 Å². The molecule has 3 aliphatic rings. The number of nitrogens with zero attached hydrogens (tertiary/aromatic N) is 1. The number of piperidine rings is 1. The zero-order chi connectivity index (χ0) is 19.0. The van der Waals surface area contributed by atoms with Crippen LogP contribution in [0.2, 0.25) is 0 Å². The number of likely N-dealkylation sites (tertiary alicyclic amines) is 1. The molecule has 1 aromatic carbocycles. The van der Waals surface area contributed by atoms with Gasteiger partial charge in [0, 0.05) is 18.0 Å². The zero-order valence-corrected chi connectivity index (χ0v) is 17.0. The lowest BCUT2D eigenvalue weighted by Gasteiger charge is -2.55. The highest BCUT2D eigenvalue weighted by Crippen LogP contribution is 2.50. The van der Waals surface area contributed by atoms with E-state index in [0.29, 0.717) is 25.0 Å². The topological polar surface area (TPSA) is 29.5 Å². The Bertz CT molecular complexity index is 736. The highest BCUT2D eigenvalue weighted by molar-refractivity contribution is 5.71. The summed E-state index contributed by atoms with van der Waals surface area (Å²) >= 11 is 0. The molecule has 0 N–H and O–H groups in total. The average molecular weight is 368 g/mol. The Morgan fingerprint density at radius 2 is 2.19 bits per heavy atom. The Morgan fingerprint density at radius 1 is 1.37 bits per heavy atom. The van der Waals surface area contributed by atoms with Crippen molar-refractivity contribution in [2.45, 2.75) is 64.3 Å². The summed E-state index contributed by atoms with van der Waals surface area (Å²) in [7, 11) is 0. The van der Waals surface area contributed by atoms with Crippen LogP contribution in [0.5, 0.6) is 0 Å². The lowest BCUT2D eigenvalue weighted by Crippen LogP contribution is -2.58. The van der Waals surface area contributed by atoms with Crippen LogP contribution in [0.3, 0.4) is 0 Å². The fraction of sp³-hybridized carbons (Fsp3) is 0.625. The van der Waals surface area contributed by atoms with Crippen molar-refractivity contribution in [1.82, 2.24) is 4.90 Å². The van der Waals surface area contributed by atoms with Gasteiger partial charge in [0.2, 0.25) is 0 Å². The molecule has 1 saturated heterocycles. The van der Waals surface area contributed by atoms with Crippen LogP contribution < -0.4 is 0 Å². The molecule has 3 atom stereocenters. The van der Waals surface area contributed by atoms with E-state index in [4.69, 9.17) is 4.74 Å². The maximum absolute atomic E-state index is 11.8. The van der Waals surface area contributed by atoms with Gasteiger partial charge in [-0.1, -0.05) is 42.8 Å². The smallest absolute Gasteiger partial charge is 0.309 e. The molecular formula is C24H33NO2. The first-order valence-corrected chi connectivity index (χ1v) is 10.7. The molecule has 4 rings (SSSR count). The van der Waals surface area contributed by atoms with E-state index in [1.807, 2.05) is 6.92 Å². The van der Waals surface area contributed by atoms with Gasteiger partial charge in [-0.25, -0.2) is 0 Å². The number of hydrogen-bond acceptors (Lipinski definition) is 3. The second kappa shape index (κ2) is 7.43. The van der Waals surface area contributed by atoms with Crippen molar-refractivity contribution in [3.05, 3.63) is 47.0 Å². The molecule has 3 nitrogen and oxygen atoms in total. The zero-order valence-electron chi connectivity index (χ0n) is 17.0. The van der Waals surface area contributed by atoms with Crippen LogP contribution in [0.25, 0.3) is 0 Å². The fourth-order valence-electron chi connectivity index (χ4n) is 5.36. The van der Waals surface area contributed by atoms with Crippen LogP contribution in [0.15, 0.2) is 30.4 Å². The lowest BCUT2D eigenvalue weighted by molar-refractivity contribution is -0.142. The molecule has 27 heavy (non-hydrogen) atoms. The van der Waals surface area contributed by atoms with Crippen molar-refractivity contribution in [3.63, 3.8) is 0 Å². The number of carbonyl (C=O) groups excluding carboxylic acids is 1. The molecule has 1 heterocycles. The van der Waals surface area contributed by atoms with Crippen molar-refractivity contribution >= 4 is 5.97 Å². The van der Waals surface area contributed by atoms with Crippen LogP contribution in [0, 0.1) is 18.8 Å². The number of benzene rings is 1. The molecule has 2 bridgehead atoms. The average Bonchev–Trinajstić information content (AvgIpc) is 3.44. The summed E-state index contributed by atoms with van der Waals surface area (Å²) in [5.74, 6) is 1.38. The molecule has 1 unspecified atom stereocenters. The third-order valence-corrected chi connectivity index (χ3v) is 7.06. The van der Waals surface area contributed by atoms with Crippen molar-refractivity contribution in [2.75, 3.05) is 19.7 Å². The second-order valence-corrected chi connectivity index (χ2v) is 8.86. The molecule has 2 aliphatic carbocycles. The van der Waals surface area contributed by atoms with Crippen LogP contribution in [-0.2, 0) is 21.4 Å². The highest BCUT2D eigenvalue weighted by atomic mass is 16.5. The number of ether oxygens (including phenoxy) is 1. The van der Waals surface area contributed by atoms with Gasteiger partial charge < -0.3 is 4.74 Å². The highest BCUT2D eigenvalue weighted by Gasteiger charge is 2.50. The first kappa shape index (κ1) is 18.7. The summed E-state index contributed by atoms with van der Waals surface area (Å²) in [5, 5.41) is 0. The molecule has 0 spiro atoms. The first-order valence-electron chi connectivity index (χ1n) is 10.7.